The van der Waals surface area contributed by atoms with Gasteiger partial charge in [-0.2, -0.15) is 0 Å². The van der Waals surface area contributed by atoms with Crippen molar-refractivity contribution in [3.8, 4) is 17.1 Å². The predicted octanol–water partition coefficient (Wildman–Crippen LogP) is 4.01. The van der Waals surface area contributed by atoms with E-state index in [2.05, 4.69) is 62.9 Å². The fourth-order valence-corrected chi connectivity index (χ4v) is 4.50. The Kier molecular flexibility index (Phi) is 5.96. The average molecular weight is 457 g/mol. The van der Waals surface area contributed by atoms with E-state index in [1.807, 2.05) is 24.4 Å². The summed E-state index contributed by atoms with van der Waals surface area (Å²) in [4.78, 5) is 12.1. The lowest BCUT2D eigenvalue weighted by atomic mass is 9.78. The lowest BCUT2D eigenvalue weighted by molar-refractivity contribution is 0.00578. The van der Waals surface area contributed by atoms with Crippen LogP contribution in [0.2, 0.25) is 0 Å². The van der Waals surface area contributed by atoms with Gasteiger partial charge in [-0.1, -0.05) is 36.4 Å². The molecule has 1 fully saturated rings. The molecule has 5 rings (SSSR count). The first-order chi connectivity index (χ1) is 16.3. The van der Waals surface area contributed by atoms with Crippen molar-refractivity contribution >= 4 is 12.6 Å². The number of benzene rings is 2. The molecule has 0 N–H and O–H groups in total. The third kappa shape index (κ3) is 4.36. The lowest BCUT2D eigenvalue weighted by Crippen LogP contribution is -2.41. The fourth-order valence-electron chi connectivity index (χ4n) is 4.50. The van der Waals surface area contributed by atoms with Crippen LogP contribution in [0.1, 0.15) is 44.5 Å². The summed E-state index contributed by atoms with van der Waals surface area (Å²) in [5, 5.41) is 0. The smallest absolute Gasteiger partial charge is 0.494 e. The van der Waals surface area contributed by atoms with Gasteiger partial charge in [0.15, 0.2) is 5.82 Å². The minimum absolute atomic E-state index is 0.389. The number of methoxy groups -OCH3 is 1. The third-order valence-corrected chi connectivity index (χ3v) is 7.25. The van der Waals surface area contributed by atoms with E-state index in [4.69, 9.17) is 24.0 Å². The van der Waals surface area contributed by atoms with Gasteiger partial charge in [0, 0.05) is 37.8 Å². The second kappa shape index (κ2) is 8.80. The summed E-state index contributed by atoms with van der Waals surface area (Å²) in [7, 11) is 1.24. The molecule has 0 aliphatic carbocycles. The van der Waals surface area contributed by atoms with Gasteiger partial charge in [0.1, 0.15) is 5.75 Å². The highest BCUT2D eigenvalue weighted by Gasteiger charge is 2.51. The van der Waals surface area contributed by atoms with Gasteiger partial charge < -0.3 is 14.0 Å². The van der Waals surface area contributed by atoms with Crippen molar-refractivity contribution in [2.45, 2.75) is 58.4 Å². The summed E-state index contributed by atoms with van der Waals surface area (Å²) >= 11 is 0. The molecule has 6 nitrogen and oxygen atoms in total. The molecule has 7 heteroatoms. The van der Waals surface area contributed by atoms with Gasteiger partial charge in [-0.3, -0.25) is 4.90 Å². The van der Waals surface area contributed by atoms with E-state index in [1.165, 1.54) is 11.1 Å². The maximum atomic E-state index is 6.21. The highest BCUT2D eigenvalue weighted by Crippen LogP contribution is 2.37. The molecule has 3 aromatic rings. The van der Waals surface area contributed by atoms with E-state index in [9.17, 15) is 0 Å². The van der Waals surface area contributed by atoms with Crippen LogP contribution in [0.5, 0.6) is 5.75 Å². The standard InChI is InChI=1S/C27H32BN3O3/c1-26(2)27(3,4)34-28(33-26)21-11-12-22(24(15-21)32-5)25-29-16-20-18-31(14-13-23(20)30-25)17-19-9-7-6-8-10-19/h6-12,15-16H,13-14,17-18H2,1-5H3. The molecule has 0 bridgehead atoms. The Labute approximate surface area is 202 Å². The molecule has 1 saturated heterocycles. The molecule has 0 amide bonds. The Morgan fingerprint density at radius 3 is 2.47 bits per heavy atom. The average Bonchev–Trinajstić information content (AvgIpc) is 3.05. The summed E-state index contributed by atoms with van der Waals surface area (Å²) in [6, 6.07) is 16.6. The van der Waals surface area contributed by atoms with Gasteiger partial charge in [-0.25, -0.2) is 9.97 Å². The van der Waals surface area contributed by atoms with Crippen LogP contribution in [-0.2, 0) is 28.8 Å². The Balaban J connectivity index is 1.36. The zero-order valence-corrected chi connectivity index (χ0v) is 20.7. The number of ether oxygens (including phenoxy) is 1. The van der Waals surface area contributed by atoms with Crippen LogP contribution in [-0.4, -0.2) is 46.8 Å². The van der Waals surface area contributed by atoms with Crippen LogP contribution in [0.25, 0.3) is 11.4 Å². The zero-order valence-electron chi connectivity index (χ0n) is 20.7. The molecular weight excluding hydrogens is 425 g/mol. The number of rotatable bonds is 5. The highest BCUT2D eigenvalue weighted by molar-refractivity contribution is 6.62. The molecule has 176 valence electrons. The van der Waals surface area contributed by atoms with Crippen LogP contribution >= 0.6 is 0 Å². The number of nitrogens with zero attached hydrogens (tertiary/aromatic N) is 3. The highest BCUT2D eigenvalue weighted by atomic mass is 16.7. The fraction of sp³-hybridized carbons (Fsp3) is 0.407. The van der Waals surface area contributed by atoms with Gasteiger partial charge in [0.25, 0.3) is 0 Å². The largest absolute Gasteiger partial charge is 0.496 e. The Bertz CT molecular complexity index is 1170. The normalized spacial score (nSPS) is 19.1. The Morgan fingerprint density at radius 2 is 1.76 bits per heavy atom. The van der Waals surface area contributed by atoms with Gasteiger partial charge >= 0.3 is 7.12 Å². The van der Waals surface area contributed by atoms with Crippen molar-refractivity contribution in [2.75, 3.05) is 13.7 Å². The topological polar surface area (TPSA) is 56.7 Å². The predicted molar refractivity (Wildman–Crippen MR) is 134 cm³/mol. The summed E-state index contributed by atoms with van der Waals surface area (Å²) in [5.41, 5.74) is 4.66. The molecule has 2 aromatic carbocycles. The second-order valence-electron chi connectivity index (χ2n) is 10.2. The third-order valence-electron chi connectivity index (χ3n) is 7.25. The van der Waals surface area contributed by atoms with Crippen molar-refractivity contribution in [3.05, 3.63) is 71.5 Å². The monoisotopic (exact) mass is 457 g/mol. The van der Waals surface area contributed by atoms with Crippen molar-refractivity contribution in [3.63, 3.8) is 0 Å². The van der Waals surface area contributed by atoms with Crippen molar-refractivity contribution in [1.29, 1.82) is 0 Å². The van der Waals surface area contributed by atoms with Crippen LogP contribution < -0.4 is 10.2 Å². The molecule has 0 radical (unpaired) electrons. The minimum Gasteiger partial charge on any atom is -0.496 e. The second-order valence-corrected chi connectivity index (χ2v) is 10.2. The number of aromatic nitrogens is 2. The van der Waals surface area contributed by atoms with E-state index in [-0.39, 0.29) is 11.2 Å². The van der Waals surface area contributed by atoms with Gasteiger partial charge in [-0.05, 0) is 50.9 Å². The van der Waals surface area contributed by atoms with Gasteiger partial charge in [-0.15, -0.1) is 0 Å². The lowest BCUT2D eigenvalue weighted by Gasteiger charge is -2.32. The molecule has 0 atom stereocenters. The molecule has 1 aromatic heterocycles. The summed E-state index contributed by atoms with van der Waals surface area (Å²) in [5.74, 6) is 1.40. The van der Waals surface area contributed by atoms with Crippen molar-refractivity contribution in [1.82, 2.24) is 14.9 Å². The van der Waals surface area contributed by atoms with E-state index in [0.29, 0.717) is 11.6 Å². The molecule has 0 unspecified atom stereocenters. The molecule has 0 spiro atoms. The van der Waals surface area contributed by atoms with Crippen molar-refractivity contribution < 1.29 is 14.0 Å². The number of fused-ring (bicyclic) bond motifs is 1. The maximum Gasteiger partial charge on any atom is 0.494 e. The number of hydrogen-bond donors (Lipinski definition) is 0. The van der Waals surface area contributed by atoms with Crippen LogP contribution in [0, 0.1) is 0 Å². The van der Waals surface area contributed by atoms with Crippen LogP contribution in [0.15, 0.2) is 54.7 Å². The molecule has 3 heterocycles. The quantitative estimate of drug-likeness (QED) is 0.540. The zero-order chi connectivity index (χ0) is 23.9. The van der Waals surface area contributed by atoms with Crippen LogP contribution in [0.3, 0.4) is 0 Å². The Hall–Kier alpha value is -2.74. The first kappa shape index (κ1) is 23.0. The van der Waals surface area contributed by atoms with Crippen molar-refractivity contribution in [2.24, 2.45) is 0 Å². The summed E-state index contributed by atoms with van der Waals surface area (Å²) < 4.78 is 18.1. The minimum atomic E-state index is -0.437. The first-order valence-corrected chi connectivity index (χ1v) is 11.9. The molecule has 2 aliphatic heterocycles. The summed E-state index contributed by atoms with van der Waals surface area (Å²) in [6.45, 7) is 11.0. The van der Waals surface area contributed by atoms with Crippen LogP contribution in [0.4, 0.5) is 0 Å². The molecule has 34 heavy (non-hydrogen) atoms. The van der Waals surface area contributed by atoms with E-state index in [0.717, 1.165) is 42.8 Å². The van der Waals surface area contributed by atoms with E-state index < -0.39 is 7.12 Å². The van der Waals surface area contributed by atoms with E-state index in [1.54, 1.807) is 7.11 Å². The van der Waals surface area contributed by atoms with Gasteiger partial charge in [0.2, 0.25) is 0 Å². The van der Waals surface area contributed by atoms with E-state index >= 15 is 0 Å². The van der Waals surface area contributed by atoms with Gasteiger partial charge in [0.05, 0.1) is 29.6 Å². The Morgan fingerprint density at radius 1 is 1.03 bits per heavy atom. The SMILES string of the molecule is COc1cc(B2OC(C)(C)C(C)(C)O2)ccc1-c1ncc2c(n1)CCN(Cc1ccccc1)C2. The number of hydrogen-bond acceptors (Lipinski definition) is 6. The molecule has 0 saturated carbocycles. The first-order valence-electron chi connectivity index (χ1n) is 11.9. The molecular formula is C27H32BN3O3. The maximum absolute atomic E-state index is 6.21. The molecule has 2 aliphatic rings. The summed E-state index contributed by atoms with van der Waals surface area (Å²) in [6.07, 6.45) is 2.88.